The summed E-state index contributed by atoms with van der Waals surface area (Å²) in [5.74, 6) is 2.02. The van der Waals surface area contributed by atoms with E-state index in [0.717, 1.165) is 18.8 Å². The zero-order valence-corrected chi connectivity index (χ0v) is 16.4. The second-order valence-electron chi connectivity index (χ2n) is 8.21. The van der Waals surface area contributed by atoms with Gasteiger partial charge in [-0.15, -0.1) is 0 Å². The molecule has 1 N–H and O–H groups in total. The highest BCUT2D eigenvalue weighted by Gasteiger charge is 2.45. The van der Waals surface area contributed by atoms with E-state index in [1.165, 1.54) is 50.2 Å². The molecule has 0 unspecified atom stereocenters. The second kappa shape index (κ2) is 7.41. The molecule has 0 amide bonds. The fraction of sp³-hybridized carbons (Fsp3) is 0.900. The van der Waals surface area contributed by atoms with Crippen LogP contribution in [0.2, 0.25) is 18.1 Å². The highest BCUT2D eigenvalue weighted by atomic mass is 28.4. The van der Waals surface area contributed by atoms with Gasteiger partial charge in [0.25, 0.3) is 0 Å². The molecule has 0 spiro atoms. The van der Waals surface area contributed by atoms with E-state index >= 15 is 0 Å². The van der Waals surface area contributed by atoms with Gasteiger partial charge in [0.15, 0.2) is 8.32 Å². The zero-order valence-electron chi connectivity index (χ0n) is 15.4. The van der Waals surface area contributed by atoms with Crippen molar-refractivity contribution in [2.45, 2.75) is 96.1 Å². The van der Waals surface area contributed by atoms with Gasteiger partial charge in [-0.2, -0.15) is 0 Å². The van der Waals surface area contributed by atoms with Crippen molar-refractivity contribution in [2.75, 3.05) is 0 Å². The fourth-order valence-corrected chi connectivity index (χ4v) is 8.52. The molecule has 132 valence electrons. The first kappa shape index (κ1) is 17.7. The number of aliphatic hydroxyl groups is 1. The van der Waals surface area contributed by atoms with E-state index in [1.807, 2.05) is 0 Å². The lowest BCUT2D eigenvalue weighted by Gasteiger charge is -2.49. The molecule has 0 saturated heterocycles. The van der Waals surface area contributed by atoms with Crippen LogP contribution in [0.15, 0.2) is 11.6 Å². The molecule has 4 bridgehead atoms. The Morgan fingerprint density at radius 2 is 1.74 bits per heavy atom. The van der Waals surface area contributed by atoms with Crippen LogP contribution in [0, 0.1) is 17.8 Å². The van der Waals surface area contributed by atoms with Gasteiger partial charge < -0.3 is 9.53 Å². The minimum atomic E-state index is -1.54. The molecule has 0 radical (unpaired) electrons. The van der Waals surface area contributed by atoms with Crippen LogP contribution in [0.25, 0.3) is 0 Å². The van der Waals surface area contributed by atoms with Gasteiger partial charge in [-0.05, 0) is 74.9 Å². The molecule has 5 atom stereocenters. The van der Waals surface area contributed by atoms with Gasteiger partial charge in [0.1, 0.15) is 0 Å². The Labute approximate surface area is 143 Å². The Hall–Kier alpha value is -0.123. The SMILES string of the molecule is CC[Si](CC)(CC)O[C@H]1CC[C@H]2CC[C@H](O)C[C@@H]3CCC=C2[C@@H]31. The largest absolute Gasteiger partial charge is 0.413 e. The van der Waals surface area contributed by atoms with Crippen LogP contribution < -0.4 is 0 Å². The van der Waals surface area contributed by atoms with Crippen LogP contribution in [0.1, 0.15) is 65.7 Å². The molecule has 2 fully saturated rings. The van der Waals surface area contributed by atoms with Crippen LogP contribution in [-0.4, -0.2) is 25.6 Å². The van der Waals surface area contributed by atoms with Crippen LogP contribution >= 0.6 is 0 Å². The van der Waals surface area contributed by atoms with E-state index in [0.29, 0.717) is 17.9 Å². The van der Waals surface area contributed by atoms with E-state index in [4.69, 9.17) is 4.43 Å². The Kier molecular flexibility index (Phi) is 5.70. The van der Waals surface area contributed by atoms with E-state index in [2.05, 4.69) is 26.8 Å². The lowest BCUT2D eigenvalue weighted by molar-refractivity contribution is 0.0170. The van der Waals surface area contributed by atoms with Gasteiger partial charge in [-0.1, -0.05) is 32.4 Å². The predicted octanol–water partition coefficient (Wildman–Crippen LogP) is 5.28. The zero-order chi connectivity index (χ0) is 16.4. The van der Waals surface area contributed by atoms with Gasteiger partial charge in [-0.3, -0.25) is 0 Å². The quantitative estimate of drug-likeness (QED) is 0.546. The highest BCUT2D eigenvalue weighted by Crippen LogP contribution is 2.50. The summed E-state index contributed by atoms with van der Waals surface area (Å²) < 4.78 is 7.00. The average Bonchev–Trinajstić information content (AvgIpc) is 2.58. The molecule has 0 aromatic heterocycles. The Bertz CT molecular complexity index is 421. The van der Waals surface area contributed by atoms with Crippen molar-refractivity contribution in [3.8, 4) is 0 Å². The minimum absolute atomic E-state index is 0.0751. The normalized spacial score (nSPS) is 37.7. The second-order valence-corrected chi connectivity index (χ2v) is 12.9. The molecule has 23 heavy (non-hydrogen) atoms. The molecule has 0 heterocycles. The van der Waals surface area contributed by atoms with Crippen molar-refractivity contribution in [1.82, 2.24) is 0 Å². The summed E-state index contributed by atoms with van der Waals surface area (Å²) in [6.07, 6.45) is 11.2. The molecule has 0 aromatic carbocycles. The monoisotopic (exact) mass is 336 g/mol. The van der Waals surface area contributed by atoms with Gasteiger partial charge in [-0.25, -0.2) is 0 Å². The van der Waals surface area contributed by atoms with Crippen molar-refractivity contribution < 1.29 is 9.53 Å². The van der Waals surface area contributed by atoms with Gasteiger partial charge >= 0.3 is 0 Å². The Balaban J connectivity index is 1.85. The maximum atomic E-state index is 10.4. The molecular weight excluding hydrogens is 300 g/mol. The summed E-state index contributed by atoms with van der Waals surface area (Å²) >= 11 is 0. The molecule has 3 aliphatic rings. The summed E-state index contributed by atoms with van der Waals surface area (Å²) in [4.78, 5) is 0. The van der Waals surface area contributed by atoms with E-state index < -0.39 is 8.32 Å². The molecule has 2 nitrogen and oxygen atoms in total. The molecular formula is C20H36O2Si. The summed E-state index contributed by atoms with van der Waals surface area (Å²) in [5.41, 5.74) is 1.73. The fourth-order valence-electron chi connectivity index (χ4n) is 5.61. The van der Waals surface area contributed by atoms with Gasteiger partial charge in [0, 0.05) is 5.92 Å². The molecule has 0 aliphatic heterocycles. The maximum absolute atomic E-state index is 10.4. The Morgan fingerprint density at radius 3 is 2.43 bits per heavy atom. The van der Waals surface area contributed by atoms with Crippen molar-refractivity contribution in [3.63, 3.8) is 0 Å². The standard InChI is InChI=1S/C20H36O2Si/c1-4-23(5-2,6-3)22-19-13-11-15-10-12-17(21)14-16-8-7-9-18(15)20(16)19/h9,15-17,19-21H,4-8,10-14H2,1-3H3/t15-,16+,17+,19+,20-/m1/s1. The molecule has 3 rings (SSSR count). The first-order valence-corrected chi connectivity index (χ1v) is 12.7. The first-order valence-electron chi connectivity index (χ1n) is 10.2. The number of hydrogen-bond acceptors (Lipinski definition) is 2. The smallest absolute Gasteiger partial charge is 0.192 e. The number of aliphatic hydroxyl groups excluding tert-OH is 1. The summed E-state index contributed by atoms with van der Waals surface area (Å²) in [5, 5.41) is 10.4. The van der Waals surface area contributed by atoms with Crippen LogP contribution in [0.5, 0.6) is 0 Å². The van der Waals surface area contributed by atoms with E-state index in [-0.39, 0.29) is 6.10 Å². The Morgan fingerprint density at radius 1 is 1.04 bits per heavy atom. The number of allylic oxidation sites excluding steroid dienone is 1. The summed E-state index contributed by atoms with van der Waals surface area (Å²) in [6, 6.07) is 3.75. The summed E-state index contributed by atoms with van der Waals surface area (Å²) in [7, 11) is -1.54. The molecule has 3 aliphatic carbocycles. The predicted molar refractivity (Wildman–Crippen MR) is 98.9 cm³/mol. The third-order valence-corrected chi connectivity index (χ3v) is 11.9. The lowest BCUT2D eigenvalue weighted by atomic mass is 9.62. The number of hydrogen-bond donors (Lipinski definition) is 1. The third kappa shape index (κ3) is 3.47. The summed E-state index contributed by atoms with van der Waals surface area (Å²) in [6.45, 7) is 7.02. The minimum Gasteiger partial charge on any atom is -0.413 e. The highest BCUT2D eigenvalue weighted by molar-refractivity contribution is 6.73. The average molecular weight is 337 g/mol. The van der Waals surface area contributed by atoms with Gasteiger partial charge in [0.2, 0.25) is 0 Å². The van der Waals surface area contributed by atoms with Crippen molar-refractivity contribution in [3.05, 3.63) is 11.6 Å². The molecule has 3 heteroatoms. The van der Waals surface area contributed by atoms with Crippen LogP contribution in [0.3, 0.4) is 0 Å². The first-order chi connectivity index (χ1) is 11.1. The number of rotatable bonds is 5. The molecule has 2 saturated carbocycles. The third-order valence-electron chi connectivity index (χ3n) is 7.24. The van der Waals surface area contributed by atoms with Crippen molar-refractivity contribution in [2.24, 2.45) is 17.8 Å². The van der Waals surface area contributed by atoms with E-state index in [1.54, 1.807) is 5.57 Å². The molecule has 0 aromatic rings. The van der Waals surface area contributed by atoms with Crippen LogP contribution in [-0.2, 0) is 4.43 Å². The van der Waals surface area contributed by atoms with Crippen molar-refractivity contribution >= 4 is 8.32 Å². The van der Waals surface area contributed by atoms with Crippen molar-refractivity contribution in [1.29, 1.82) is 0 Å². The topological polar surface area (TPSA) is 29.5 Å². The maximum Gasteiger partial charge on any atom is 0.192 e. The van der Waals surface area contributed by atoms with E-state index in [9.17, 15) is 5.11 Å². The van der Waals surface area contributed by atoms with Gasteiger partial charge in [0.05, 0.1) is 12.2 Å². The van der Waals surface area contributed by atoms with Crippen LogP contribution in [0.4, 0.5) is 0 Å². The lowest BCUT2D eigenvalue weighted by Crippen LogP contribution is -2.48.